The Hall–Kier alpha value is -1.84. The van der Waals surface area contributed by atoms with Gasteiger partial charge in [0.1, 0.15) is 0 Å². The molecule has 0 fully saturated rings. The van der Waals surface area contributed by atoms with Gasteiger partial charge in [0.2, 0.25) is 0 Å². The quantitative estimate of drug-likeness (QED) is 0.780. The van der Waals surface area contributed by atoms with Gasteiger partial charge in [-0.05, 0) is 29.3 Å². The van der Waals surface area contributed by atoms with E-state index in [0.717, 1.165) is 13.1 Å². The van der Waals surface area contributed by atoms with E-state index in [0.29, 0.717) is 6.04 Å². The Morgan fingerprint density at radius 2 is 1.95 bits per heavy atom. The average Bonchev–Trinajstić information content (AvgIpc) is 2.98. The van der Waals surface area contributed by atoms with Gasteiger partial charge in [0.25, 0.3) is 0 Å². The first-order valence-corrected chi connectivity index (χ1v) is 6.98. The third kappa shape index (κ3) is 4.06. The maximum absolute atomic E-state index is 4.06. The van der Waals surface area contributed by atoms with Gasteiger partial charge in [0.05, 0.1) is 6.33 Å². The van der Waals surface area contributed by atoms with Crippen LogP contribution in [0, 0.1) is 0 Å². The lowest BCUT2D eigenvalue weighted by Crippen LogP contribution is -2.29. The van der Waals surface area contributed by atoms with Crippen LogP contribution < -0.4 is 5.32 Å². The smallest absolute Gasteiger partial charge is 0.0946 e. The molecule has 0 aliphatic carbocycles. The summed E-state index contributed by atoms with van der Waals surface area (Å²) < 4.78 is 2.10. The molecule has 0 saturated carbocycles. The SMILES string of the molecule is CC(Cn1ccnc1)NCc1ccc2ccccc2c1.Cl. The maximum atomic E-state index is 4.06. The third-order valence-electron chi connectivity index (χ3n) is 3.51. The number of nitrogens with one attached hydrogen (secondary N) is 1. The Morgan fingerprint density at radius 1 is 1.14 bits per heavy atom. The second-order valence-corrected chi connectivity index (χ2v) is 5.22. The number of imidazole rings is 1. The van der Waals surface area contributed by atoms with E-state index in [9.17, 15) is 0 Å². The molecule has 3 aromatic rings. The van der Waals surface area contributed by atoms with E-state index < -0.39 is 0 Å². The summed E-state index contributed by atoms with van der Waals surface area (Å²) in [4.78, 5) is 4.06. The molecule has 1 atom stereocenters. The third-order valence-corrected chi connectivity index (χ3v) is 3.51. The van der Waals surface area contributed by atoms with Crippen molar-refractivity contribution in [3.63, 3.8) is 0 Å². The highest BCUT2D eigenvalue weighted by Gasteiger charge is 2.03. The van der Waals surface area contributed by atoms with Crippen LogP contribution in [0.3, 0.4) is 0 Å². The van der Waals surface area contributed by atoms with Gasteiger partial charge in [0.15, 0.2) is 0 Å². The van der Waals surface area contributed by atoms with Crippen molar-refractivity contribution < 1.29 is 0 Å². The minimum atomic E-state index is 0. The summed E-state index contributed by atoms with van der Waals surface area (Å²) in [5.74, 6) is 0. The van der Waals surface area contributed by atoms with Crippen molar-refractivity contribution in [2.24, 2.45) is 0 Å². The van der Waals surface area contributed by atoms with E-state index in [4.69, 9.17) is 0 Å². The van der Waals surface area contributed by atoms with Gasteiger partial charge in [-0.15, -0.1) is 12.4 Å². The van der Waals surface area contributed by atoms with Crippen LogP contribution in [0.1, 0.15) is 12.5 Å². The molecule has 0 spiro atoms. The van der Waals surface area contributed by atoms with Gasteiger partial charge in [-0.2, -0.15) is 0 Å². The molecule has 0 aliphatic rings. The van der Waals surface area contributed by atoms with Crippen LogP contribution >= 0.6 is 12.4 Å². The second-order valence-electron chi connectivity index (χ2n) is 5.22. The second kappa shape index (κ2) is 7.25. The Morgan fingerprint density at radius 3 is 2.71 bits per heavy atom. The minimum Gasteiger partial charge on any atom is -0.336 e. The predicted octanol–water partition coefficient (Wildman–Crippen LogP) is 3.64. The van der Waals surface area contributed by atoms with Crippen LogP contribution in [-0.2, 0) is 13.1 Å². The topological polar surface area (TPSA) is 29.9 Å². The zero-order valence-electron chi connectivity index (χ0n) is 12.1. The fourth-order valence-corrected chi connectivity index (χ4v) is 2.42. The van der Waals surface area contributed by atoms with Gasteiger partial charge in [0, 0.05) is 31.5 Å². The highest BCUT2D eigenvalue weighted by Crippen LogP contribution is 2.15. The predicted molar refractivity (Wildman–Crippen MR) is 89.7 cm³/mol. The fraction of sp³-hybridized carbons (Fsp3) is 0.235. The first-order valence-electron chi connectivity index (χ1n) is 6.98. The van der Waals surface area contributed by atoms with Gasteiger partial charge >= 0.3 is 0 Å². The van der Waals surface area contributed by atoms with Gasteiger partial charge in [-0.1, -0.05) is 36.4 Å². The number of fused-ring (bicyclic) bond motifs is 1. The number of aromatic nitrogens is 2. The lowest BCUT2D eigenvalue weighted by Gasteiger charge is -2.14. The standard InChI is InChI=1S/C17H19N3.ClH/c1-14(12-20-9-8-18-13-20)19-11-15-6-7-16-4-2-3-5-17(16)10-15;/h2-10,13-14,19H,11-12H2,1H3;1H. The van der Waals surface area contributed by atoms with E-state index in [1.54, 1.807) is 0 Å². The van der Waals surface area contributed by atoms with E-state index >= 15 is 0 Å². The summed E-state index contributed by atoms with van der Waals surface area (Å²) in [5.41, 5.74) is 1.32. The van der Waals surface area contributed by atoms with Crippen molar-refractivity contribution in [3.05, 3.63) is 66.7 Å². The molecule has 0 aliphatic heterocycles. The van der Waals surface area contributed by atoms with Crippen LogP contribution in [0.5, 0.6) is 0 Å². The van der Waals surface area contributed by atoms with E-state index in [-0.39, 0.29) is 12.4 Å². The Bertz CT molecular complexity index is 679. The van der Waals surface area contributed by atoms with Crippen LogP contribution in [0.2, 0.25) is 0 Å². The molecule has 1 heterocycles. The van der Waals surface area contributed by atoms with Crippen LogP contribution in [-0.4, -0.2) is 15.6 Å². The Balaban J connectivity index is 0.00000161. The monoisotopic (exact) mass is 301 g/mol. The normalized spacial score (nSPS) is 12.0. The zero-order chi connectivity index (χ0) is 13.8. The van der Waals surface area contributed by atoms with Crippen molar-refractivity contribution in [2.45, 2.75) is 26.1 Å². The van der Waals surface area contributed by atoms with E-state index in [1.165, 1.54) is 16.3 Å². The summed E-state index contributed by atoms with van der Waals surface area (Å²) in [6, 6.07) is 15.5. The first-order chi connectivity index (χ1) is 9.81. The molecule has 21 heavy (non-hydrogen) atoms. The summed E-state index contributed by atoms with van der Waals surface area (Å²) in [6.45, 7) is 4.02. The molecule has 0 radical (unpaired) electrons. The number of rotatable bonds is 5. The molecule has 4 heteroatoms. The molecule has 3 nitrogen and oxygen atoms in total. The van der Waals surface area contributed by atoms with Gasteiger partial charge in [-0.25, -0.2) is 4.98 Å². The molecule has 2 aromatic carbocycles. The largest absolute Gasteiger partial charge is 0.336 e. The summed E-state index contributed by atoms with van der Waals surface area (Å²) >= 11 is 0. The number of hydrogen-bond acceptors (Lipinski definition) is 2. The summed E-state index contributed by atoms with van der Waals surface area (Å²) in [7, 11) is 0. The van der Waals surface area contributed by atoms with Gasteiger partial charge < -0.3 is 9.88 Å². The molecule has 110 valence electrons. The molecule has 0 saturated heterocycles. The van der Waals surface area contributed by atoms with E-state index in [2.05, 4.69) is 64.3 Å². The molecular weight excluding hydrogens is 282 g/mol. The Labute approximate surface area is 131 Å². The minimum absolute atomic E-state index is 0. The number of nitrogens with zero attached hydrogens (tertiary/aromatic N) is 2. The molecule has 3 rings (SSSR count). The van der Waals surface area contributed by atoms with Crippen molar-refractivity contribution in [2.75, 3.05) is 0 Å². The molecule has 1 N–H and O–H groups in total. The zero-order valence-corrected chi connectivity index (χ0v) is 12.9. The number of halogens is 1. The van der Waals surface area contributed by atoms with Gasteiger partial charge in [-0.3, -0.25) is 0 Å². The molecule has 0 bridgehead atoms. The molecule has 0 amide bonds. The first kappa shape index (κ1) is 15.5. The summed E-state index contributed by atoms with van der Waals surface area (Å²) in [5, 5.41) is 6.15. The van der Waals surface area contributed by atoms with Crippen molar-refractivity contribution >= 4 is 23.2 Å². The maximum Gasteiger partial charge on any atom is 0.0946 e. The highest BCUT2D eigenvalue weighted by atomic mass is 35.5. The molecular formula is C17H20ClN3. The Kier molecular flexibility index (Phi) is 5.37. The van der Waals surface area contributed by atoms with Crippen molar-refractivity contribution in [1.82, 2.24) is 14.9 Å². The average molecular weight is 302 g/mol. The van der Waals surface area contributed by atoms with Crippen molar-refractivity contribution in [3.8, 4) is 0 Å². The lowest BCUT2D eigenvalue weighted by molar-refractivity contribution is 0.476. The van der Waals surface area contributed by atoms with Crippen LogP contribution in [0.4, 0.5) is 0 Å². The number of benzene rings is 2. The summed E-state index contributed by atoms with van der Waals surface area (Å²) in [6.07, 6.45) is 5.67. The molecule has 1 unspecified atom stereocenters. The lowest BCUT2D eigenvalue weighted by atomic mass is 10.1. The van der Waals surface area contributed by atoms with Crippen molar-refractivity contribution in [1.29, 1.82) is 0 Å². The fourth-order valence-electron chi connectivity index (χ4n) is 2.42. The molecule has 1 aromatic heterocycles. The van der Waals surface area contributed by atoms with Crippen LogP contribution in [0.25, 0.3) is 10.8 Å². The highest BCUT2D eigenvalue weighted by molar-refractivity contribution is 5.85. The number of hydrogen-bond donors (Lipinski definition) is 1. The van der Waals surface area contributed by atoms with E-state index in [1.807, 2.05) is 18.7 Å². The van der Waals surface area contributed by atoms with Crippen LogP contribution in [0.15, 0.2) is 61.2 Å².